The van der Waals surface area contributed by atoms with Crippen molar-refractivity contribution in [1.29, 1.82) is 0 Å². The van der Waals surface area contributed by atoms with E-state index in [-0.39, 0.29) is 6.42 Å². The molecule has 156 valence electrons. The molecule has 0 fully saturated rings. The Morgan fingerprint density at radius 2 is 1.67 bits per heavy atom. The van der Waals surface area contributed by atoms with Gasteiger partial charge in [-0.15, -0.1) is 0 Å². The van der Waals surface area contributed by atoms with Gasteiger partial charge in [0.25, 0.3) is 0 Å². The molecule has 1 N–H and O–H groups in total. The second-order valence-corrected chi connectivity index (χ2v) is 10.6. The smallest absolute Gasteiger partial charge is 0.247 e. The molecule has 11 heteroatoms. The first-order chi connectivity index (χ1) is 14.1. The van der Waals surface area contributed by atoms with E-state index < -0.39 is 26.1 Å². The fraction of sp³-hybridized carbons (Fsp3) is 0.211. The molecule has 0 radical (unpaired) electrons. The number of fused-ring (bicyclic) bond motifs is 1. The van der Waals surface area contributed by atoms with Crippen LogP contribution in [0.1, 0.15) is 23.6 Å². The Balaban J connectivity index is 1.78. The Bertz CT molecular complexity index is 1370. The normalized spacial score (nSPS) is 17.2. The number of rotatable bonds is 5. The van der Waals surface area contributed by atoms with E-state index >= 15 is 0 Å². The zero-order valence-electron chi connectivity index (χ0n) is 16.2. The highest BCUT2D eigenvalue weighted by Crippen LogP contribution is 2.36. The van der Waals surface area contributed by atoms with Crippen molar-refractivity contribution in [2.24, 2.45) is 5.10 Å². The monoisotopic (exact) mass is 445 g/mol. The second kappa shape index (κ2) is 7.33. The summed E-state index contributed by atoms with van der Waals surface area (Å²) in [7, 11) is -7.18. The highest BCUT2D eigenvalue weighted by atomic mass is 32.2. The fourth-order valence-electron chi connectivity index (χ4n) is 3.42. The third-order valence-electron chi connectivity index (χ3n) is 4.62. The zero-order valence-corrected chi connectivity index (χ0v) is 17.9. The van der Waals surface area contributed by atoms with Gasteiger partial charge in [0.1, 0.15) is 0 Å². The van der Waals surface area contributed by atoms with Crippen LogP contribution in [-0.2, 0) is 20.0 Å². The fourth-order valence-corrected chi connectivity index (χ4v) is 4.90. The van der Waals surface area contributed by atoms with Gasteiger partial charge in [-0.3, -0.25) is 14.7 Å². The Kier molecular flexibility index (Phi) is 4.94. The van der Waals surface area contributed by atoms with Crippen LogP contribution in [0.5, 0.6) is 0 Å². The molecule has 1 unspecified atom stereocenters. The Morgan fingerprint density at radius 1 is 0.967 bits per heavy atom. The van der Waals surface area contributed by atoms with Crippen LogP contribution in [0.3, 0.4) is 0 Å². The van der Waals surface area contributed by atoms with Crippen LogP contribution < -0.4 is 4.72 Å². The number of nitrogens with zero attached hydrogens (tertiary/aromatic N) is 4. The molecule has 0 saturated carbocycles. The predicted octanol–water partition coefficient (Wildman–Crippen LogP) is 2.11. The molecule has 4 rings (SSSR count). The minimum absolute atomic E-state index is 0.279. The van der Waals surface area contributed by atoms with Gasteiger partial charge in [-0.1, -0.05) is 24.3 Å². The average molecular weight is 446 g/mol. The number of hydrazone groups is 1. The first-order valence-electron chi connectivity index (χ1n) is 8.96. The molecular formula is C19H19N5O4S2. The molecule has 3 aromatic rings. The maximum absolute atomic E-state index is 12.5. The van der Waals surface area contributed by atoms with E-state index in [2.05, 4.69) is 19.8 Å². The molecule has 0 bridgehead atoms. The van der Waals surface area contributed by atoms with Gasteiger partial charge in [0.15, 0.2) is 0 Å². The van der Waals surface area contributed by atoms with Crippen molar-refractivity contribution >= 4 is 42.5 Å². The van der Waals surface area contributed by atoms with Crippen LogP contribution in [0, 0.1) is 0 Å². The minimum atomic E-state index is -3.67. The van der Waals surface area contributed by atoms with E-state index in [4.69, 9.17) is 0 Å². The number of aromatic nitrogens is 2. The molecule has 1 atom stereocenters. The maximum Gasteiger partial charge on any atom is 0.247 e. The molecular weight excluding hydrogens is 426 g/mol. The Hall–Kier alpha value is -3.05. The lowest BCUT2D eigenvalue weighted by molar-refractivity contribution is 0.375. The van der Waals surface area contributed by atoms with E-state index in [0.717, 1.165) is 22.5 Å². The SMILES string of the molecule is CS(=O)(=O)Nc1ccccc1C1=NN(S(C)(=O)=O)C(c2ccc3nccnc3c2)C1. The lowest BCUT2D eigenvalue weighted by Gasteiger charge is -2.21. The third kappa shape index (κ3) is 4.12. The number of hydrogen-bond acceptors (Lipinski definition) is 7. The number of para-hydroxylation sites is 1. The quantitative estimate of drug-likeness (QED) is 0.642. The van der Waals surface area contributed by atoms with E-state index in [1.54, 1.807) is 54.9 Å². The summed E-state index contributed by atoms with van der Waals surface area (Å²) < 4.78 is 51.9. The summed E-state index contributed by atoms with van der Waals surface area (Å²) in [5, 5.41) is 4.35. The van der Waals surface area contributed by atoms with Crippen molar-refractivity contribution in [1.82, 2.24) is 14.4 Å². The van der Waals surface area contributed by atoms with Crippen molar-refractivity contribution in [3.8, 4) is 0 Å². The summed E-state index contributed by atoms with van der Waals surface area (Å²) in [6.45, 7) is 0. The molecule has 9 nitrogen and oxygen atoms in total. The largest absolute Gasteiger partial charge is 0.283 e. The van der Waals surface area contributed by atoms with E-state index in [1.165, 1.54) is 0 Å². The molecule has 0 aliphatic carbocycles. The highest BCUT2D eigenvalue weighted by Gasteiger charge is 2.35. The summed E-state index contributed by atoms with van der Waals surface area (Å²) in [5.41, 5.74) is 3.42. The van der Waals surface area contributed by atoms with Gasteiger partial charge in [0, 0.05) is 24.4 Å². The third-order valence-corrected chi connectivity index (χ3v) is 6.23. The van der Waals surface area contributed by atoms with Crippen molar-refractivity contribution in [2.75, 3.05) is 17.2 Å². The molecule has 0 amide bonds. The number of sulfonamides is 2. The lowest BCUT2D eigenvalue weighted by atomic mass is 9.98. The molecule has 0 saturated heterocycles. The first kappa shape index (κ1) is 20.2. The van der Waals surface area contributed by atoms with Gasteiger partial charge in [-0.2, -0.15) is 9.52 Å². The van der Waals surface area contributed by atoms with Gasteiger partial charge in [-0.25, -0.2) is 16.8 Å². The van der Waals surface area contributed by atoms with Gasteiger partial charge in [0.2, 0.25) is 20.0 Å². The lowest BCUT2D eigenvalue weighted by Crippen LogP contribution is -2.25. The molecule has 0 spiro atoms. The molecule has 2 aromatic carbocycles. The molecule has 1 aliphatic rings. The number of anilines is 1. The first-order valence-corrected chi connectivity index (χ1v) is 12.7. The topological polar surface area (TPSA) is 122 Å². The summed E-state index contributed by atoms with van der Waals surface area (Å²) in [6.07, 6.45) is 5.59. The van der Waals surface area contributed by atoms with Crippen LogP contribution in [0.25, 0.3) is 11.0 Å². The maximum atomic E-state index is 12.5. The average Bonchev–Trinajstić information content (AvgIpc) is 3.12. The molecule has 1 aromatic heterocycles. The van der Waals surface area contributed by atoms with E-state index in [9.17, 15) is 16.8 Å². The summed E-state index contributed by atoms with van der Waals surface area (Å²) in [6, 6.07) is 11.6. The van der Waals surface area contributed by atoms with Gasteiger partial charge in [-0.05, 0) is 23.8 Å². The van der Waals surface area contributed by atoms with Crippen LogP contribution >= 0.6 is 0 Å². The van der Waals surface area contributed by atoms with Crippen molar-refractivity contribution in [3.05, 3.63) is 66.0 Å². The molecule has 2 heterocycles. The number of hydrogen-bond donors (Lipinski definition) is 1. The molecule has 30 heavy (non-hydrogen) atoms. The van der Waals surface area contributed by atoms with E-state index in [1.807, 2.05) is 0 Å². The standard InChI is InChI=1S/C19H19N5O4S2/c1-29(25,26)23-15-6-4-3-5-14(15)17-12-19(24(22-17)30(2,27)28)13-7-8-16-18(11-13)21-10-9-20-16/h3-11,19,23H,12H2,1-2H3. The van der Waals surface area contributed by atoms with Crippen molar-refractivity contribution in [3.63, 3.8) is 0 Å². The Labute approximate surface area is 174 Å². The van der Waals surface area contributed by atoms with Crippen molar-refractivity contribution in [2.45, 2.75) is 12.5 Å². The van der Waals surface area contributed by atoms with Crippen LogP contribution in [0.4, 0.5) is 5.69 Å². The Morgan fingerprint density at radius 3 is 2.37 bits per heavy atom. The summed E-state index contributed by atoms with van der Waals surface area (Å²) in [4.78, 5) is 8.52. The van der Waals surface area contributed by atoms with E-state index in [0.29, 0.717) is 28.0 Å². The highest BCUT2D eigenvalue weighted by molar-refractivity contribution is 7.92. The van der Waals surface area contributed by atoms with Crippen LogP contribution in [-0.4, -0.2) is 49.4 Å². The minimum Gasteiger partial charge on any atom is -0.283 e. The van der Waals surface area contributed by atoms with Crippen LogP contribution in [0.15, 0.2) is 60.0 Å². The predicted molar refractivity (Wildman–Crippen MR) is 115 cm³/mol. The molecule has 1 aliphatic heterocycles. The number of nitrogens with one attached hydrogen (secondary N) is 1. The second-order valence-electron chi connectivity index (χ2n) is 7.03. The van der Waals surface area contributed by atoms with Gasteiger partial charge >= 0.3 is 0 Å². The van der Waals surface area contributed by atoms with Crippen molar-refractivity contribution < 1.29 is 16.8 Å². The summed E-state index contributed by atoms with van der Waals surface area (Å²) in [5.74, 6) is 0. The number of benzene rings is 2. The summed E-state index contributed by atoms with van der Waals surface area (Å²) >= 11 is 0. The van der Waals surface area contributed by atoms with Gasteiger partial charge in [0.05, 0.1) is 41.0 Å². The zero-order chi connectivity index (χ0) is 21.5. The van der Waals surface area contributed by atoms with Crippen LogP contribution in [0.2, 0.25) is 0 Å². The van der Waals surface area contributed by atoms with Gasteiger partial charge < -0.3 is 0 Å².